The molecule has 0 spiro atoms. The van der Waals surface area contributed by atoms with Crippen LogP contribution < -0.4 is 10.6 Å². The van der Waals surface area contributed by atoms with Crippen molar-refractivity contribution in [3.8, 4) is 0 Å². The summed E-state index contributed by atoms with van der Waals surface area (Å²) >= 11 is 6.06. The Bertz CT molecular complexity index is 1270. The first-order valence-electron chi connectivity index (χ1n) is 12.2. The van der Waals surface area contributed by atoms with Crippen molar-refractivity contribution in [3.05, 3.63) is 53.8 Å². The molecule has 2 heterocycles. The maximum absolute atomic E-state index is 13.9. The Kier molecular flexibility index (Phi) is 5.21. The molecule has 0 aliphatic heterocycles. The summed E-state index contributed by atoms with van der Waals surface area (Å²) in [6.07, 6.45) is 9.00. The van der Waals surface area contributed by atoms with E-state index in [4.69, 9.17) is 11.6 Å². The van der Waals surface area contributed by atoms with E-state index in [1.54, 1.807) is 17.2 Å². The minimum absolute atomic E-state index is 0.0356. The summed E-state index contributed by atoms with van der Waals surface area (Å²) in [6.45, 7) is 2.54. The predicted octanol–water partition coefficient (Wildman–Crippen LogP) is 4.33. The van der Waals surface area contributed by atoms with E-state index in [-0.39, 0.29) is 28.3 Å². The molecule has 1 aromatic carbocycles. The van der Waals surface area contributed by atoms with Gasteiger partial charge in [0.05, 0.1) is 16.6 Å². The van der Waals surface area contributed by atoms with Crippen molar-refractivity contribution >= 4 is 34.8 Å². The van der Waals surface area contributed by atoms with E-state index < -0.39 is 5.41 Å². The number of amides is 2. The fraction of sp³-hybridized carbons (Fsp3) is 0.480. The third kappa shape index (κ3) is 3.82. The molecule has 4 fully saturated rings. The lowest BCUT2D eigenvalue weighted by atomic mass is 9.46. The number of halogens is 1. The predicted molar refractivity (Wildman–Crippen MR) is 131 cm³/mol. The van der Waals surface area contributed by atoms with Gasteiger partial charge in [0.15, 0.2) is 5.69 Å². The first kappa shape index (κ1) is 22.3. The first-order chi connectivity index (χ1) is 16.9. The molecule has 9 nitrogen and oxygen atoms in total. The van der Waals surface area contributed by atoms with Gasteiger partial charge in [-0.1, -0.05) is 18.2 Å². The van der Waals surface area contributed by atoms with Crippen molar-refractivity contribution in [1.29, 1.82) is 0 Å². The van der Waals surface area contributed by atoms with Crippen LogP contribution in [0.15, 0.2) is 42.9 Å². The number of nitrogens with one attached hydrogen (secondary N) is 2. The summed E-state index contributed by atoms with van der Waals surface area (Å²) < 4.78 is 3.58. The van der Waals surface area contributed by atoms with Gasteiger partial charge in [0, 0.05) is 18.4 Å². The summed E-state index contributed by atoms with van der Waals surface area (Å²) in [4.78, 5) is 31.1. The zero-order valence-electron chi connectivity index (χ0n) is 19.6. The van der Waals surface area contributed by atoms with Crippen LogP contribution in [0.4, 0.5) is 11.4 Å². The molecular weight excluding hydrogens is 466 g/mol. The van der Waals surface area contributed by atoms with E-state index in [1.807, 2.05) is 41.9 Å². The molecule has 4 saturated carbocycles. The van der Waals surface area contributed by atoms with Gasteiger partial charge >= 0.3 is 0 Å². The summed E-state index contributed by atoms with van der Waals surface area (Å²) in [5, 5.41) is 15.1. The normalized spacial score (nSPS) is 28.7. The molecule has 3 aromatic rings. The van der Waals surface area contributed by atoms with Gasteiger partial charge in [-0.15, -0.1) is 5.10 Å². The Labute approximate surface area is 208 Å². The van der Waals surface area contributed by atoms with Crippen molar-refractivity contribution in [2.75, 3.05) is 10.6 Å². The van der Waals surface area contributed by atoms with Gasteiger partial charge < -0.3 is 10.6 Å². The van der Waals surface area contributed by atoms with Crippen molar-refractivity contribution in [2.24, 2.45) is 17.3 Å². The minimum atomic E-state index is -0.510. The highest BCUT2D eigenvalue weighted by Crippen LogP contribution is 2.64. The molecule has 2 N–H and O–H groups in total. The minimum Gasteiger partial charge on any atom is -0.322 e. The Morgan fingerprint density at radius 2 is 1.83 bits per heavy atom. The zero-order valence-corrected chi connectivity index (χ0v) is 20.3. The number of aryl methyl sites for hydroxylation is 1. The monoisotopic (exact) mass is 493 g/mol. The third-order valence-electron chi connectivity index (χ3n) is 8.04. The van der Waals surface area contributed by atoms with Crippen molar-refractivity contribution in [2.45, 2.75) is 57.5 Å². The van der Waals surface area contributed by atoms with E-state index >= 15 is 0 Å². The molecule has 35 heavy (non-hydrogen) atoms. The number of benzene rings is 1. The van der Waals surface area contributed by atoms with E-state index in [0.29, 0.717) is 36.2 Å². The number of hydrogen-bond donors (Lipinski definition) is 2. The average Bonchev–Trinajstić information content (AvgIpc) is 3.45. The van der Waals surface area contributed by atoms with Crippen LogP contribution in [0.3, 0.4) is 0 Å². The quantitative estimate of drug-likeness (QED) is 0.531. The average molecular weight is 494 g/mol. The van der Waals surface area contributed by atoms with Crippen molar-refractivity contribution in [3.63, 3.8) is 0 Å². The maximum Gasteiger partial charge on any atom is 0.278 e. The lowest BCUT2D eigenvalue weighted by Gasteiger charge is -2.60. The van der Waals surface area contributed by atoms with Crippen LogP contribution in [0, 0.1) is 17.3 Å². The third-order valence-corrected chi connectivity index (χ3v) is 8.22. The van der Waals surface area contributed by atoms with Gasteiger partial charge in [-0.3, -0.25) is 14.3 Å². The molecule has 0 radical (unpaired) electrons. The van der Waals surface area contributed by atoms with Gasteiger partial charge in [0.1, 0.15) is 6.33 Å². The van der Waals surface area contributed by atoms with E-state index in [2.05, 4.69) is 25.8 Å². The number of carbonyl (C=O) groups is 2. The van der Waals surface area contributed by atoms with Gasteiger partial charge in [-0.05, 0) is 81.0 Å². The Morgan fingerprint density at radius 3 is 2.49 bits per heavy atom. The second-order valence-corrected chi connectivity index (χ2v) is 10.8. The standard InChI is InChI=1S/C25H28ClN7O2/c1-2-32-13-19(20(30-32)21(34)28-18-6-4-3-5-7-18)29-22(35)24-9-16-8-17(10-24)12-25(11-16,14-24)33-15-27-23(26)31-33/h3-7,13,15-17H,2,8-12,14H2,1H3,(H,28,34)(H,29,35). The first-order valence-corrected chi connectivity index (χ1v) is 12.6. The number of aromatic nitrogens is 5. The molecule has 0 saturated heterocycles. The number of nitrogens with zero attached hydrogens (tertiary/aromatic N) is 5. The molecule has 4 bridgehead atoms. The fourth-order valence-corrected chi connectivity index (χ4v) is 7.15. The molecule has 2 atom stereocenters. The number of hydrogen-bond acceptors (Lipinski definition) is 5. The van der Waals surface area contributed by atoms with E-state index in [9.17, 15) is 9.59 Å². The highest BCUT2D eigenvalue weighted by atomic mass is 35.5. The van der Waals surface area contributed by atoms with Gasteiger partial charge in [-0.2, -0.15) is 5.10 Å². The summed E-state index contributed by atoms with van der Waals surface area (Å²) in [7, 11) is 0. The fourth-order valence-electron chi connectivity index (χ4n) is 7.03. The van der Waals surface area contributed by atoms with Gasteiger partial charge in [0.2, 0.25) is 11.2 Å². The maximum atomic E-state index is 13.9. The van der Waals surface area contributed by atoms with Crippen LogP contribution in [0.5, 0.6) is 0 Å². The van der Waals surface area contributed by atoms with E-state index in [1.165, 1.54) is 0 Å². The van der Waals surface area contributed by atoms with E-state index in [0.717, 1.165) is 32.1 Å². The molecular formula is C25H28ClN7O2. The van der Waals surface area contributed by atoms with Crippen LogP contribution in [-0.4, -0.2) is 36.4 Å². The molecule has 4 aliphatic rings. The second-order valence-electron chi connectivity index (χ2n) is 10.4. The van der Waals surface area contributed by atoms with Crippen LogP contribution in [0.1, 0.15) is 55.9 Å². The number of anilines is 2. The molecule has 4 aliphatic carbocycles. The lowest BCUT2D eigenvalue weighted by Crippen LogP contribution is -2.60. The SMILES string of the molecule is CCn1cc(NC(=O)C23CC4CC(C2)CC(n2cnc(Cl)n2)(C4)C3)c(C(=O)Nc2ccccc2)n1. The molecule has 182 valence electrons. The lowest BCUT2D eigenvalue weighted by molar-refractivity contribution is -0.150. The van der Waals surface area contributed by atoms with Crippen LogP contribution in [-0.2, 0) is 16.9 Å². The molecule has 2 aromatic heterocycles. The summed E-state index contributed by atoms with van der Waals surface area (Å²) in [5.41, 5.74) is 0.591. The topological polar surface area (TPSA) is 107 Å². The Morgan fingerprint density at radius 1 is 1.09 bits per heavy atom. The summed E-state index contributed by atoms with van der Waals surface area (Å²) in [6, 6.07) is 9.23. The van der Waals surface area contributed by atoms with Crippen LogP contribution in [0.2, 0.25) is 5.28 Å². The Balaban J connectivity index is 1.28. The zero-order chi connectivity index (χ0) is 24.2. The molecule has 10 heteroatoms. The van der Waals surface area contributed by atoms with Crippen LogP contribution in [0.25, 0.3) is 0 Å². The molecule has 2 unspecified atom stereocenters. The number of para-hydroxylation sites is 1. The smallest absolute Gasteiger partial charge is 0.278 e. The van der Waals surface area contributed by atoms with Gasteiger partial charge in [0.25, 0.3) is 5.91 Å². The second kappa shape index (κ2) is 8.19. The largest absolute Gasteiger partial charge is 0.322 e. The number of carbonyl (C=O) groups excluding carboxylic acids is 2. The van der Waals surface area contributed by atoms with Crippen LogP contribution >= 0.6 is 11.6 Å². The molecule has 7 rings (SSSR count). The summed E-state index contributed by atoms with van der Waals surface area (Å²) in [5.74, 6) is 0.540. The molecule has 2 amide bonds. The highest BCUT2D eigenvalue weighted by molar-refractivity contribution is 6.28. The van der Waals surface area contributed by atoms with Crippen molar-refractivity contribution in [1.82, 2.24) is 24.5 Å². The van der Waals surface area contributed by atoms with Crippen molar-refractivity contribution < 1.29 is 9.59 Å². The van der Waals surface area contributed by atoms with Gasteiger partial charge in [-0.25, -0.2) is 9.67 Å². The Hall–Kier alpha value is -3.20. The number of rotatable bonds is 6. The highest BCUT2D eigenvalue weighted by Gasteiger charge is 2.61.